The van der Waals surface area contributed by atoms with Crippen molar-refractivity contribution in [3.8, 4) is 5.88 Å². The van der Waals surface area contributed by atoms with Gasteiger partial charge in [0, 0.05) is 12.6 Å². The van der Waals surface area contributed by atoms with Gasteiger partial charge in [0.05, 0.1) is 17.9 Å². The summed E-state index contributed by atoms with van der Waals surface area (Å²) in [5, 5.41) is 3.47. The maximum Gasteiger partial charge on any atom is 0.239 e. The van der Waals surface area contributed by atoms with Crippen LogP contribution in [-0.4, -0.2) is 29.8 Å². The number of hydrogen-bond acceptors (Lipinski definition) is 5. The Kier molecular flexibility index (Phi) is 4.93. The Bertz CT molecular complexity index is 475. The Morgan fingerprint density at radius 2 is 2.24 bits per heavy atom. The highest BCUT2D eigenvalue weighted by Crippen LogP contribution is 2.27. The third-order valence-corrected chi connectivity index (χ3v) is 3.49. The number of nitrogen functional groups attached to an aromatic ring is 1. The number of nitrogens with zero attached hydrogens (tertiary/aromatic N) is 1. The highest BCUT2D eigenvalue weighted by molar-refractivity contribution is 5.53. The Morgan fingerprint density at radius 1 is 1.48 bits per heavy atom. The molecule has 2 heterocycles. The molecule has 3 N–H and O–H groups in total. The van der Waals surface area contributed by atoms with Crippen LogP contribution < -0.4 is 15.8 Å². The molecule has 1 aliphatic heterocycles. The topological polar surface area (TPSA) is 69.4 Å². The molecular weight excluding hydrogens is 266 g/mol. The van der Waals surface area contributed by atoms with Crippen molar-refractivity contribution in [3.05, 3.63) is 12.1 Å². The monoisotopic (exact) mass is 293 g/mol. The first-order valence-corrected chi connectivity index (χ1v) is 7.65. The molecule has 0 spiro atoms. The van der Waals surface area contributed by atoms with Crippen LogP contribution in [0.2, 0.25) is 0 Å². The fourth-order valence-corrected chi connectivity index (χ4v) is 2.46. The van der Waals surface area contributed by atoms with E-state index in [1.165, 1.54) is 0 Å². The zero-order chi connectivity index (χ0) is 15.5. The van der Waals surface area contributed by atoms with Crippen molar-refractivity contribution < 1.29 is 9.47 Å². The highest BCUT2D eigenvalue weighted by Gasteiger charge is 2.28. The van der Waals surface area contributed by atoms with Crippen LogP contribution in [0.3, 0.4) is 0 Å². The first kappa shape index (κ1) is 15.9. The van der Waals surface area contributed by atoms with Crippen molar-refractivity contribution in [1.29, 1.82) is 0 Å². The standard InChI is InChI=1S/C16H27N3O2/c1-11(2)10-20-15-13(17)5-6-14(19-15)18-12-7-8-21-16(3,4)9-12/h5-6,11-12H,7-10,17H2,1-4H3,(H,18,19). The molecule has 1 unspecified atom stereocenters. The predicted molar refractivity (Wildman–Crippen MR) is 85.7 cm³/mol. The lowest BCUT2D eigenvalue weighted by Gasteiger charge is -2.36. The van der Waals surface area contributed by atoms with Gasteiger partial charge in [-0.15, -0.1) is 0 Å². The van der Waals surface area contributed by atoms with Gasteiger partial charge in [-0.3, -0.25) is 0 Å². The minimum Gasteiger partial charge on any atom is -0.476 e. The first-order valence-electron chi connectivity index (χ1n) is 7.65. The summed E-state index contributed by atoms with van der Waals surface area (Å²) in [6.07, 6.45) is 1.94. The largest absolute Gasteiger partial charge is 0.476 e. The zero-order valence-corrected chi connectivity index (χ0v) is 13.5. The average Bonchev–Trinajstić information content (AvgIpc) is 2.38. The molecule has 1 aromatic rings. The second-order valence-corrected chi connectivity index (χ2v) is 6.74. The van der Waals surface area contributed by atoms with Crippen LogP contribution in [0.5, 0.6) is 5.88 Å². The number of rotatable bonds is 5. The van der Waals surface area contributed by atoms with E-state index in [1.54, 1.807) is 0 Å². The van der Waals surface area contributed by atoms with Crippen LogP contribution in [0.15, 0.2) is 12.1 Å². The SMILES string of the molecule is CC(C)COc1nc(NC2CCOC(C)(C)C2)ccc1N. The Balaban J connectivity index is 2.01. The van der Waals surface area contributed by atoms with E-state index in [9.17, 15) is 0 Å². The van der Waals surface area contributed by atoms with Crippen LogP contribution in [0.1, 0.15) is 40.5 Å². The fourth-order valence-electron chi connectivity index (χ4n) is 2.46. The summed E-state index contributed by atoms with van der Waals surface area (Å²) >= 11 is 0. The van der Waals surface area contributed by atoms with Crippen molar-refractivity contribution in [2.75, 3.05) is 24.3 Å². The van der Waals surface area contributed by atoms with Crippen molar-refractivity contribution in [1.82, 2.24) is 4.98 Å². The second-order valence-electron chi connectivity index (χ2n) is 6.74. The van der Waals surface area contributed by atoms with E-state index >= 15 is 0 Å². The van der Waals surface area contributed by atoms with Gasteiger partial charge < -0.3 is 20.5 Å². The molecular formula is C16H27N3O2. The molecule has 2 rings (SSSR count). The van der Waals surface area contributed by atoms with Crippen LogP contribution >= 0.6 is 0 Å². The smallest absolute Gasteiger partial charge is 0.239 e. The molecule has 5 nitrogen and oxygen atoms in total. The molecule has 0 aliphatic carbocycles. The third-order valence-electron chi connectivity index (χ3n) is 3.49. The first-order chi connectivity index (χ1) is 9.85. The second kappa shape index (κ2) is 6.52. The van der Waals surface area contributed by atoms with Crippen LogP contribution in [0, 0.1) is 5.92 Å². The molecule has 0 aromatic carbocycles. The lowest BCUT2D eigenvalue weighted by atomic mass is 9.94. The Morgan fingerprint density at radius 3 is 2.90 bits per heavy atom. The summed E-state index contributed by atoms with van der Waals surface area (Å²) in [6.45, 7) is 9.83. The van der Waals surface area contributed by atoms with E-state index in [1.807, 2.05) is 12.1 Å². The maximum atomic E-state index is 5.92. The van der Waals surface area contributed by atoms with Gasteiger partial charge >= 0.3 is 0 Å². The Labute approximate surface area is 127 Å². The molecule has 5 heteroatoms. The van der Waals surface area contributed by atoms with E-state index in [2.05, 4.69) is 38.0 Å². The number of aromatic nitrogens is 1. The normalized spacial score (nSPS) is 21.3. The average molecular weight is 293 g/mol. The van der Waals surface area contributed by atoms with Gasteiger partial charge in [0.2, 0.25) is 5.88 Å². The van der Waals surface area contributed by atoms with Crippen LogP contribution in [0.4, 0.5) is 11.5 Å². The van der Waals surface area contributed by atoms with Gasteiger partial charge in [-0.05, 0) is 44.7 Å². The summed E-state index contributed by atoms with van der Waals surface area (Å²) in [7, 11) is 0. The number of nitrogens with two attached hydrogens (primary N) is 1. The van der Waals surface area contributed by atoms with Crippen molar-refractivity contribution in [3.63, 3.8) is 0 Å². The summed E-state index contributed by atoms with van der Waals surface area (Å²) < 4.78 is 11.4. The Hall–Kier alpha value is -1.49. The molecule has 1 saturated heterocycles. The van der Waals surface area contributed by atoms with E-state index in [-0.39, 0.29) is 5.60 Å². The molecule has 1 aliphatic rings. The third kappa shape index (κ3) is 4.77. The minimum atomic E-state index is -0.0826. The van der Waals surface area contributed by atoms with E-state index < -0.39 is 0 Å². The number of ether oxygens (including phenoxy) is 2. The maximum absolute atomic E-state index is 5.92. The summed E-state index contributed by atoms with van der Waals surface area (Å²) in [5.74, 6) is 1.77. The van der Waals surface area contributed by atoms with E-state index in [4.69, 9.17) is 15.2 Å². The molecule has 21 heavy (non-hydrogen) atoms. The van der Waals surface area contributed by atoms with Gasteiger partial charge in [0.1, 0.15) is 5.82 Å². The highest BCUT2D eigenvalue weighted by atomic mass is 16.5. The molecule has 1 atom stereocenters. The van der Waals surface area contributed by atoms with Crippen LogP contribution in [0.25, 0.3) is 0 Å². The van der Waals surface area contributed by atoms with Gasteiger partial charge in [0.15, 0.2) is 0 Å². The number of hydrogen-bond donors (Lipinski definition) is 2. The van der Waals surface area contributed by atoms with Crippen molar-refractivity contribution >= 4 is 11.5 Å². The number of pyridine rings is 1. The molecule has 0 radical (unpaired) electrons. The number of nitrogens with one attached hydrogen (secondary N) is 1. The number of anilines is 2. The van der Waals surface area contributed by atoms with Gasteiger partial charge in [0.25, 0.3) is 0 Å². The van der Waals surface area contributed by atoms with Crippen molar-refractivity contribution in [2.24, 2.45) is 5.92 Å². The summed E-state index contributed by atoms with van der Waals surface area (Å²) in [5.41, 5.74) is 6.41. The predicted octanol–water partition coefficient (Wildman–Crippen LogP) is 3.07. The van der Waals surface area contributed by atoms with E-state index in [0.29, 0.717) is 30.1 Å². The lowest BCUT2D eigenvalue weighted by molar-refractivity contribution is -0.0553. The van der Waals surface area contributed by atoms with Gasteiger partial charge in [-0.25, -0.2) is 0 Å². The summed E-state index contributed by atoms with van der Waals surface area (Å²) in [6, 6.07) is 4.11. The molecule has 0 saturated carbocycles. The summed E-state index contributed by atoms with van der Waals surface area (Å²) in [4.78, 5) is 4.49. The quantitative estimate of drug-likeness (QED) is 0.873. The fraction of sp³-hybridized carbons (Fsp3) is 0.688. The van der Waals surface area contributed by atoms with Crippen molar-refractivity contribution in [2.45, 2.75) is 52.2 Å². The molecule has 1 fully saturated rings. The molecule has 1 aromatic heterocycles. The van der Waals surface area contributed by atoms with Gasteiger partial charge in [-0.2, -0.15) is 4.98 Å². The van der Waals surface area contributed by atoms with Gasteiger partial charge in [-0.1, -0.05) is 13.8 Å². The molecule has 0 bridgehead atoms. The zero-order valence-electron chi connectivity index (χ0n) is 13.5. The molecule has 118 valence electrons. The van der Waals surface area contributed by atoms with E-state index in [0.717, 1.165) is 25.3 Å². The minimum absolute atomic E-state index is 0.0826. The molecule has 0 amide bonds. The van der Waals surface area contributed by atoms with Crippen LogP contribution in [-0.2, 0) is 4.74 Å². The lowest BCUT2D eigenvalue weighted by Crippen LogP contribution is -2.40.